The molecule has 0 aliphatic heterocycles. The molecule has 1 aromatic heterocycles. The molecule has 0 saturated heterocycles. The van der Waals surface area contributed by atoms with E-state index in [1.807, 2.05) is 51.1 Å². The maximum absolute atomic E-state index is 9.95. The van der Waals surface area contributed by atoms with Gasteiger partial charge in [0.25, 0.3) is 6.47 Å². The number of nitrogens with zero attached hydrogens (tertiary/aromatic N) is 1. The van der Waals surface area contributed by atoms with Gasteiger partial charge in [-0.1, -0.05) is 80.9 Å². The van der Waals surface area contributed by atoms with Crippen molar-refractivity contribution in [2.75, 3.05) is 6.26 Å². The summed E-state index contributed by atoms with van der Waals surface area (Å²) in [6, 6.07) is 22.5. The smallest absolute Gasteiger partial charge is 0.290 e. The Morgan fingerprint density at radius 2 is 1.57 bits per heavy atom. The van der Waals surface area contributed by atoms with Crippen molar-refractivity contribution in [2.45, 2.75) is 47.3 Å². The Hall–Kier alpha value is -3.20. The van der Waals surface area contributed by atoms with Crippen molar-refractivity contribution in [2.24, 2.45) is 0 Å². The van der Waals surface area contributed by atoms with Crippen molar-refractivity contribution < 1.29 is 19.8 Å². The number of aliphatic hydroxyl groups excluding tert-OH is 1. The van der Waals surface area contributed by atoms with Crippen LogP contribution in [0.25, 0.3) is 21.3 Å². The third-order valence-electron chi connectivity index (χ3n) is 4.68. The van der Waals surface area contributed by atoms with Crippen LogP contribution < -0.4 is 5.32 Å². The predicted octanol–water partition coefficient (Wildman–Crippen LogP) is 6.53. The van der Waals surface area contributed by atoms with E-state index in [4.69, 9.17) is 15.0 Å². The number of hydrogen-bond donors (Lipinski definition) is 4. The average molecular weight is 543 g/mol. The summed E-state index contributed by atoms with van der Waals surface area (Å²) < 4.78 is 1.24. The Bertz CT molecular complexity index is 1160. The monoisotopic (exact) mass is 542 g/mol. The van der Waals surface area contributed by atoms with Gasteiger partial charge in [-0.05, 0) is 54.0 Å². The minimum atomic E-state index is -0.250. The van der Waals surface area contributed by atoms with Crippen LogP contribution in [0.3, 0.4) is 0 Å². The van der Waals surface area contributed by atoms with E-state index in [1.54, 1.807) is 17.6 Å². The van der Waals surface area contributed by atoms with Gasteiger partial charge in [-0.2, -0.15) is 12.6 Å². The Morgan fingerprint density at radius 1 is 0.946 bits per heavy atom. The van der Waals surface area contributed by atoms with E-state index in [0.29, 0.717) is 13.0 Å². The van der Waals surface area contributed by atoms with E-state index >= 15 is 0 Å². The number of aliphatic hydroxyl groups is 1. The molecule has 0 fully saturated rings. The van der Waals surface area contributed by atoms with Crippen LogP contribution in [-0.2, 0) is 29.2 Å². The Balaban J connectivity index is 0.000000614. The molecule has 3 N–H and O–H groups in total. The molecule has 200 valence electrons. The highest BCUT2D eigenvalue weighted by atomic mass is 32.1. The van der Waals surface area contributed by atoms with Gasteiger partial charge in [-0.3, -0.25) is 9.59 Å². The first-order valence-electron chi connectivity index (χ1n) is 11.9. The van der Waals surface area contributed by atoms with Crippen LogP contribution in [-0.4, -0.2) is 34.3 Å². The minimum Gasteiger partial charge on any atom is -0.483 e. The molecule has 1 heterocycles. The number of nitrogens with one attached hydrogen (secondary N) is 1. The number of thiazole rings is 1. The molecule has 37 heavy (non-hydrogen) atoms. The molecule has 0 aliphatic carbocycles. The molecule has 6 nitrogen and oxygen atoms in total. The average Bonchev–Trinajstić information content (AvgIpc) is 3.38. The van der Waals surface area contributed by atoms with Crippen LogP contribution in [0.5, 0.6) is 0 Å². The lowest BCUT2D eigenvalue weighted by molar-refractivity contribution is -0.122. The van der Waals surface area contributed by atoms with E-state index < -0.39 is 0 Å². The van der Waals surface area contributed by atoms with Crippen molar-refractivity contribution in [1.29, 1.82) is 0 Å². The number of aromatic nitrogens is 1. The van der Waals surface area contributed by atoms with Gasteiger partial charge < -0.3 is 15.5 Å². The number of rotatable bonds is 6. The Kier molecular flexibility index (Phi) is 19.1. The maximum Gasteiger partial charge on any atom is 0.290 e. The van der Waals surface area contributed by atoms with Gasteiger partial charge in [0.2, 0.25) is 6.41 Å². The summed E-state index contributed by atoms with van der Waals surface area (Å²) in [5.41, 5.74) is 6.75. The molecule has 0 radical (unpaired) electrons. The summed E-state index contributed by atoms with van der Waals surface area (Å²) in [7, 11) is 0. The number of thiol groups is 1. The molecule has 0 aliphatic rings. The topological polar surface area (TPSA) is 99.5 Å². The summed E-state index contributed by atoms with van der Waals surface area (Å²) in [5.74, 6) is 0. The number of fused-ring (bicyclic) bond motifs is 1. The zero-order valence-corrected chi connectivity index (χ0v) is 23.9. The van der Waals surface area contributed by atoms with Gasteiger partial charge in [-0.25, -0.2) is 4.98 Å². The van der Waals surface area contributed by atoms with Crippen molar-refractivity contribution in [3.63, 3.8) is 0 Å². The van der Waals surface area contributed by atoms with Gasteiger partial charge in [0.1, 0.15) is 0 Å². The predicted molar refractivity (Wildman–Crippen MR) is 159 cm³/mol. The fourth-order valence-electron chi connectivity index (χ4n) is 3.09. The fraction of sp³-hybridized carbons (Fsp3) is 0.276. The second-order valence-electron chi connectivity index (χ2n) is 7.09. The molecule has 3 aromatic carbocycles. The van der Waals surface area contributed by atoms with E-state index in [-0.39, 0.29) is 13.1 Å². The number of carboxylic acid groups (broad SMARTS) is 1. The lowest BCUT2D eigenvalue weighted by Gasteiger charge is -2.02. The molecule has 0 spiro atoms. The van der Waals surface area contributed by atoms with E-state index in [0.717, 1.165) is 23.1 Å². The van der Waals surface area contributed by atoms with Gasteiger partial charge >= 0.3 is 0 Å². The van der Waals surface area contributed by atoms with Crippen LogP contribution in [0, 0.1) is 6.92 Å². The first-order valence-corrected chi connectivity index (χ1v) is 13.6. The molecular weight excluding hydrogens is 504 g/mol. The zero-order valence-electron chi connectivity index (χ0n) is 22.1. The fourth-order valence-corrected chi connectivity index (χ4v) is 4.03. The minimum absolute atomic E-state index is 0.0913. The molecule has 4 rings (SSSR count). The number of carbonyl (C=O) groups is 2. The number of amides is 1. The van der Waals surface area contributed by atoms with Gasteiger partial charge in [0.05, 0.1) is 21.8 Å². The van der Waals surface area contributed by atoms with Crippen LogP contribution in [0.15, 0.2) is 66.7 Å². The van der Waals surface area contributed by atoms with E-state index in [2.05, 4.69) is 66.3 Å². The molecule has 0 unspecified atom stereocenters. The number of aryl methyl sites for hydroxylation is 2. The Morgan fingerprint density at radius 3 is 2.11 bits per heavy atom. The number of hydrogen-bond acceptors (Lipinski definition) is 6. The van der Waals surface area contributed by atoms with Crippen molar-refractivity contribution >= 4 is 47.1 Å². The standard InChI is InChI=1S/C16H15NOS.C9H11NO.C2H6.CH2O2.CH4S/c1-2-16-17-14-8-7-13(9-15(14)19-16)12-5-3-11(10-18)4-6-12;1-8-3-2-4-9(5-8)6-10-7-11;1-2;2-1-3;1-2/h3-9,18H,2,10H2,1H3;2-5,7H,6H2,1H3,(H,10,11);1-2H3;1H,(H,2,3);2H,1H3. The second-order valence-corrected chi connectivity index (χ2v) is 8.21. The van der Waals surface area contributed by atoms with Crippen LogP contribution in [0.4, 0.5) is 0 Å². The van der Waals surface area contributed by atoms with Crippen LogP contribution in [0.1, 0.15) is 42.5 Å². The van der Waals surface area contributed by atoms with Crippen LogP contribution >= 0.6 is 24.0 Å². The number of benzene rings is 3. The highest BCUT2D eigenvalue weighted by Gasteiger charge is 2.05. The highest BCUT2D eigenvalue weighted by molar-refractivity contribution is 7.79. The Labute approximate surface area is 229 Å². The first-order chi connectivity index (χ1) is 18.0. The summed E-state index contributed by atoms with van der Waals surface area (Å²) in [6.07, 6.45) is 3.39. The number of carbonyl (C=O) groups excluding carboxylic acids is 1. The molecule has 8 heteroatoms. The van der Waals surface area contributed by atoms with Crippen molar-refractivity contribution in [3.05, 3.63) is 88.4 Å². The molecule has 1 amide bonds. The van der Waals surface area contributed by atoms with E-state index in [1.165, 1.54) is 26.4 Å². The highest BCUT2D eigenvalue weighted by Crippen LogP contribution is 2.28. The van der Waals surface area contributed by atoms with Gasteiger partial charge in [0, 0.05) is 6.54 Å². The van der Waals surface area contributed by atoms with Crippen molar-refractivity contribution in [3.8, 4) is 11.1 Å². The molecule has 4 aromatic rings. The second kappa shape index (κ2) is 20.9. The summed E-state index contributed by atoms with van der Waals surface area (Å²) in [5, 5.41) is 19.7. The SMILES string of the molecule is CC.CCc1nc2ccc(-c3ccc(CO)cc3)cc2s1.CS.Cc1cccc(CNC=O)c1.O=CO. The van der Waals surface area contributed by atoms with Gasteiger partial charge in [0.15, 0.2) is 0 Å². The summed E-state index contributed by atoms with van der Waals surface area (Å²) in [6.45, 7) is 8.62. The largest absolute Gasteiger partial charge is 0.483 e. The van der Waals surface area contributed by atoms with E-state index in [9.17, 15) is 4.79 Å². The van der Waals surface area contributed by atoms with Crippen molar-refractivity contribution in [1.82, 2.24) is 10.3 Å². The first kappa shape index (κ1) is 33.8. The summed E-state index contributed by atoms with van der Waals surface area (Å²) >= 11 is 5.29. The maximum atomic E-state index is 9.95. The molecular formula is C29H38N2O4S2. The quantitative estimate of drug-likeness (QED) is 0.164. The lowest BCUT2D eigenvalue weighted by atomic mass is 10.0. The third-order valence-corrected chi connectivity index (χ3v) is 5.84. The molecule has 0 bridgehead atoms. The van der Waals surface area contributed by atoms with Crippen LogP contribution in [0.2, 0.25) is 0 Å². The lowest BCUT2D eigenvalue weighted by Crippen LogP contribution is -2.09. The molecule has 0 atom stereocenters. The molecule has 0 saturated carbocycles. The third kappa shape index (κ3) is 12.5. The zero-order chi connectivity index (χ0) is 28.1. The summed E-state index contributed by atoms with van der Waals surface area (Å²) in [4.78, 5) is 22.9. The van der Waals surface area contributed by atoms with Gasteiger partial charge in [-0.15, -0.1) is 11.3 Å². The normalized spacial score (nSPS) is 9.05.